The van der Waals surface area contributed by atoms with Crippen LogP contribution in [0.2, 0.25) is 0 Å². The second-order valence-electron chi connectivity index (χ2n) is 4.86. The highest BCUT2D eigenvalue weighted by molar-refractivity contribution is 6.14. The highest BCUT2D eigenvalue weighted by atomic mass is 15.3. The number of pyridine rings is 2. The van der Waals surface area contributed by atoms with Crippen LogP contribution in [0.1, 0.15) is 11.4 Å². The minimum atomic E-state index is 0.699. The van der Waals surface area contributed by atoms with E-state index < -0.39 is 0 Å². The molecule has 0 radical (unpaired) electrons. The molecule has 2 N–H and O–H groups in total. The van der Waals surface area contributed by atoms with E-state index >= 15 is 0 Å². The normalized spacial score (nSPS) is 14.5. The van der Waals surface area contributed by atoms with E-state index in [-0.39, 0.29) is 0 Å². The predicted molar refractivity (Wildman–Crippen MR) is 84.9 cm³/mol. The van der Waals surface area contributed by atoms with Crippen LogP contribution in [0.4, 0.5) is 0 Å². The van der Waals surface area contributed by atoms with E-state index in [9.17, 15) is 0 Å². The van der Waals surface area contributed by atoms with Crippen molar-refractivity contribution in [3.63, 3.8) is 0 Å². The number of nitrogens with zero attached hydrogens (tertiary/aromatic N) is 4. The minimum absolute atomic E-state index is 0.699. The summed E-state index contributed by atoms with van der Waals surface area (Å²) in [4.78, 5) is 16.0. The molecular formula is C16H12N6. The fourth-order valence-electron chi connectivity index (χ4n) is 2.31. The molecule has 0 saturated carbocycles. The first kappa shape index (κ1) is 12.5. The fourth-order valence-corrected chi connectivity index (χ4v) is 2.31. The average Bonchev–Trinajstić information content (AvgIpc) is 3.00. The van der Waals surface area contributed by atoms with Crippen molar-refractivity contribution < 1.29 is 0 Å². The molecule has 0 amide bonds. The molecular weight excluding hydrogens is 276 g/mol. The molecule has 3 aromatic rings. The number of fused-ring (bicyclic) bond motifs is 1. The molecule has 0 aromatic carbocycles. The third-order valence-corrected chi connectivity index (χ3v) is 3.43. The van der Waals surface area contributed by atoms with Gasteiger partial charge in [-0.15, -0.1) is 0 Å². The first-order valence-electron chi connectivity index (χ1n) is 6.76. The lowest BCUT2D eigenvalue weighted by Crippen LogP contribution is -2.17. The number of nitrogens with one attached hydrogen (secondary N) is 2. The van der Waals surface area contributed by atoms with Gasteiger partial charge >= 0.3 is 0 Å². The van der Waals surface area contributed by atoms with Crippen molar-refractivity contribution in [2.45, 2.75) is 0 Å². The molecule has 6 nitrogen and oxygen atoms in total. The first-order chi connectivity index (χ1) is 10.8. The number of imidazole rings is 1. The zero-order chi connectivity index (χ0) is 14.9. The number of aromatic nitrogens is 4. The van der Waals surface area contributed by atoms with E-state index in [4.69, 9.17) is 0 Å². The number of allylic oxidation sites excluding steroid dienone is 2. The zero-order valence-electron chi connectivity index (χ0n) is 11.6. The van der Waals surface area contributed by atoms with Gasteiger partial charge in [0.25, 0.3) is 0 Å². The third-order valence-electron chi connectivity index (χ3n) is 3.43. The van der Waals surface area contributed by atoms with Gasteiger partial charge in [-0.2, -0.15) is 5.10 Å². The highest BCUT2D eigenvalue weighted by Crippen LogP contribution is 2.24. The summed E-state index contributed by atoms with van der Waals surface area (Å²) in [5.41, 5.74) is 8.07. The smallest absolute Gasteiger partial charge is 0.140 e. The Morgan fingerprint density at radius 3 is 2.64 bits per heavy atom. The molecule has 106 valence electrons. The molecule has 4 heterocycles. The van der Waals surface area contributed by atoms with Gasteiger partial charge in [0.2, 0.25) is 0 Å². The largest absolute Gasteiger partial charge is 0.337 e. The summed E-state index contributed by atoms with van der Waals surface area (Å²) in [7, 11) is 0. The Labute approximate surface area is 126 Å². The lowest BCUT2D eigenvalue weighted by Gasteiger charge is -2.15. The molecule has 0 fully saturated rings. The zero-order valence-corrected chi connectivity index (χ0v) is 11.6. The van der Waals surface area contributed by atoms with Gasteiger partial charge in [-0.25, -0.2) is 4.98 Å². The Morgan fingerprint density at radius 1 is 1.00 bits per heavy atom. The first-order valence-corrected chi connectivity index (χ1v) is 6.76. The molecule has 22 heavy (non-hydrogen) atoms. The number of rotatable bonds is 2. The van der Waals surface area contributed by atoms with E-state index in [1.54, 1.807) is 24.8 Å². The van der Waals surface area contributed by atoms with Crippen LogP contribution in [-0.4, -0.2) is 25.6 Å². The molecule has 0 saturated heterocycles. The summed E-state index contributed by atoms with van der Waals surface area (Å²) in [6.07, 6.45) is 8.91. The van der Waals surface area contributed by atoms with Crippen molar-refractivity contribution in [1.82, 2.24) is 25.4 Å². The number of hydrogen-bond donors (Lipinski definition) is 2. The Balaban J connectivity index is 1.80. The van der Waals surface area contributed by atoms with Crippen molar-refractivity contribution in [2.24, 2.45) is 5.10 Å². The van der Waals surface area contributed by atoms with Crippen molar-refractivity contribution in [2.75, 3.05) is 0 Å². The number of hydrazone groups is 1. The van der Waals surface area contributed by atoms with Crippen LogP contribution in [0.5, 0.6) is 0 Å². The molecule has 0 bridgehead atoms. The van der Waals surface area contributed by atoms with Crippen molar-refractivity contribution in [3.8, 4) is 0 Å². The summed E-state index contributed by atoms with van der Waals surface area (Å²) >= 11 is 0. The van der Waals surface area contributed by atoms with Crippen LogP contribution in [-0.2, 0) is 0 Å². The van der Waals surface area contributed by atoms with E-state index in [2.05, 4.69) is 37.0 Å². The topological polar surface area (TPSA) is 78.8 Å². The summed E-state index contributed by atoms with van der Waals surface area (Å²) in [5.74, 6) is 0.738. The summed E-state index contributed by atoms with van der Waals surface area (Å²) < 4.78 is 0. The molecule has 4 rings (SSSR count). The fraction of sp³-hybridized carbons (Fsp3) is 0. The van der Waals surface area contributed by atoms with E-state index in [1.807, 2.05) is 24.3 Å². The van der Waals surface area contributed by atoms with E-state index in [0.717, 1.165) is 33.7 Å². The number of hydrogen-bond acceptors (Lipinski definition) is 5. The van der Waals surface area contributed by atoms with Gasteiger partial charge in [0.15, 0.2) is 0 Å². The predicted octanol–water partition coefficient (Wildman–Crippen LogP) is 2.26. The molecule has 1 aliphatic heterocycles. The molecule has 6 heteroatoms. The van der Waals surface area contributed by atoms with Gasteiger partial charge in [0, 0.05) is 29.7 Å². The monoisotopic (exact) mass is 288 g/mol. The van der Waals surface area contributed by atoms with Gasteiger partial charge in [-0.1, -0.05) is 6.58 Å². The minimum Gasteiger partial charge on any atom is -0.337 e. The average molecular weight is 288 g/mol. The number of aromatic amines is 1. The van der Waals surface area contributed by atoms with Gasteiger partial charge < -0.3 is 4.98 Å². The third kappa shape index (κ3) is 2.07. The quantitative estimate of drug-likeness (QED) is 0.758. The van der Waals surface area contributed by atoms with Crippen LogP contribution in [0.3, 0.4) is 0 Å². The lowest BCUT2D eigenvalue weighted by molar-refractivity contribution is 0.916. The van der Waals surface area contributed by atoms with Gasteiger partial charge in [-0.05, 0) is 24.3 Å². The van der Waals surface area contributed by atoms with Crippen LogP contribution in [0.15, 0.2) is 66.4 Å². The van der Waals surface area contributed by atoms with Crippen LogP contribution >= 0.6 is 0 Å². The second kappa shape index (κ2) is 4.92. The molecule has 0 spiro atoms. The standard InChI is InChI=1S/C16H12N6/c1-10-12(16-19-13-4-7-18-9-15(13)20-16)8-14(22-21-10)11-2-5-17-6-3-11/h2-9,21H,1H2,(H,19,20). The molecule has 0 aliphatic carbocycles. The summed E-state index contributed by atoms with van der Waals surface area (Å²) in [5, 5.41) is 4.32. The Morgan fingerprint density at radius 2 is 1.82 bits per heavy atom. The van der Waals surface area contributed by atoms with Crippen molar-refractivity contribution in [1.29, 1.82) is 0 Å². The van der Waals surface area contributed by atoms with Crippen LogP contribution in [0, 0.1) is 0 Å². The lowest BCUT2D eigenvalue weighted by atomic mass is 10.1. The SMILES string of the molecule is C=C1NN=C(c2ccncc2)C=C1c1nc2ccncc2[nH]1. The van der Waals surface area contributed by atoms with Gasteiger partial charge in [0.05, 0.1) is 28.6 Å². The molecule has 1 aliphatic rings. The van der Waals surface area contributed by atoms with E-state index in [0.29, 0.717) is 5.70 Å². The van der Waals surface area contributed by atoms with Crippen molar-refractivity contribution in [3.05, 3.63) is 72.7 Å². The Kier molecular flexibility index (Phi) is 2.79. The number of H-pyrrole nitrogens is 1. The maximum Gasteiger partial charge on any atom is 0.140 e. The molecule has 0 unspecified atom stereocenters. The Hall–Kier alpha value is -3.28. The van der Waals surface area contributed by atoms with Gasteiger partial charge in [0.1, 0.15) is 5.82 Å². The van der Waals surface area contributed by atoms with Crippen LogP contribution in [0.25, 0.3) is 16.6 Å². The van der Waals surface area contributed by atoms with Crippen molar-refractivity contribution >= 4 is 22.3 Å². The summed E-state index contributed by atoms with van der Waals surface area (Å²) in [6.45, 7) is 4.00. The van der Waals surface area contributed by atoms with Gasteiger partial charge in [-0.3, -0.25) is 15.4 Å². The second-order valence-corrected chi connectivity index (χ2v) is 4.86. The maximum absolute atomic E-state index is 4.58. The molecule has 0 atom stereocenters. The molecule has 3 aromatic heterocycles. The Bertz CT molecular complexity index is 887. The van der Waals surface area contributed by atoms with Crippen LogP contribution < -0.4 is 5.43 Å². The van der Waals surface area contributed by atoms with E-state index in [1.165, 1.54) is 0 Å². The maximum atomic E-state index is 4.58. The summed E-state index contributed by atoms with van der Waals surface area (Å²) in [6, 6.07) is 5.68. The highest BCUT2D eigenvalue weighted by Gasteiger charge is 2.16.